The molecular formula is C25H32O4. The number of allylic oxidation sites excluding steroid dienone is 2. The van der Waals surface area contributed by atoms with Crippen LogP contribution < -0.4 is 0 Å². The Morgan fingerprint density at radius 3 is 2.17 bits per heavy atom. The third kappa shape index (κ3) is 4.26. The standard InChI is InChI=1S/C25H32O4/c1-25(2,3)29-24(27)22-18-14-13-17(15-18)21(22)23(26)28-20-12-8-7-11-19(20)16-9-5-4-6-10-16/h4-6,9-10,13-14,17-22H,7-8,11-12,15H2,1-3H3/t17-,18+,19-,20+,21-,22+/m0/s1. The molecule has 0 radical (unpaired) electrons. The fraction of sp³-hybridized carbons (Fsp3) is 0.600. The topological polar surface area (TPSA) is 52.6 Å². The van der Waals surface area contributed by atoms with Crippen LogP contribution in [0, 0.1) is 23.7 Å². The molecule has 3 aliphatic carbocycles. The van der Waals surface area contributed by atoms with Crippen molar-refractivity contribution in [2.45, 2.75) is 70.5 Å². The van der Waals surface area contributed by atoms with Crippen LogP contribution in [0.2, 0.25) is 0 Å². The number of ether oxygens (including phenoxy) is 2. The second kappa shape index (κ2) is 7.97. The molecule has 1 aromatic carbocycles. The Labute approximate surface area is 173 Å². The molecule has 2 saturated carbocycles. The van der Waals surface area contributed by atoms with Crippen LogP contribution in [0.25, 0.3) is 0 Å². The van der Waals surface area contributed by atoms with Crippen molar-refractivity contribution < 1.29 is 19.1 Å². The molecule has 2 bridgehead atoms. The lowest BCUT2D eigenvalue weighted by Gasteiger charge is -2.34. The van der Waals surface area contributed by atoms with Gasteiger partial charge in [0.15, 0.2) is 0 Å². The zero-order chi connectivity index (χ0) is 20.6. The molecule has 4 heteroatoms. The Hall–Kier alpha value is -2.10. The lowest BCUT2D eigenvalue weighted by Crippen LogP contribution is -2.40. The fourth-order valence-corrected chi connectivity index (χ4v) is 5.38. The number of benzene rings is 1. The number of hydrogen-bond acceptors (Lipinski definition) is 4. The molecule has 1 aromatic rings. The number of carbonyl (C=O) groups excluding carboxylic acids is 2. The van der Waals surface area contributed by atoms with Crippen molar-refractivity contribution in [3.8, 4) is 0 Å². The molecule has 4 nitrogen and oxygen atoms in total. The van der Waals surface area contributed by atoms with Crippen molar-refractivity contribution in [2.75, 3.05) is 0 Å². The van der Waals surface area contributed by atoms with Crippen LogP contribution in [0.1, 0.15) is 64.4 Å². The first-order chi connectivity index (χ1) is 13.8. The van der Waals surface area contributed by atoms with Gasteiger partial charge in [0.25, 0.3) is 0 Å². The highest BCUT2D eigenvalue weighted by molar-refractivity contribution is 5.84. The van der Waals surface area contributed by atoms with Crippen LogP contribution in [0.15, 0.2) is 42.5 Å². The van der Waals surface area contributed by atoms with Gasteiger partial charge in [-0.1, -0.05) is 48.9 Å². The molecule has 0 amide bonds. The molecular weight excluding hydrogens is 364 g/mol. The van der Waals surface area contributed by atoms with E-state index >= 15 is 0 Å². The smallest absolute Gasteiger partial charge is 0.310 e. The summed E-state index contributed by atoms with van der Waals surface area (Å²) in [5.41, 5.74) is 0.681. The average Bonchev–Trinajstić information content (AvgIpc) is 3.29. The third-order valence-electron chi connectivity index (χ3n) is 6.61. The summed E-state index contributed by atoms with van der Waals surface area (Å²) < 4.78 is 11.8. The maximum Gasteiger partial charge on any atom is 0.310 e. The first kappa shape index (κ1) is 20.2. The maximum absolute atomic E-state index is 13.3. The van der Waals surface area contributed by atoms with Gasteiger partial charge in [0, 0.05) is 5.92 Å². The SMILES string of the molecule is CC(C)(C)OC(=O)[C@H]1[C@@H](C(=O)O[C@@H]2CCCC[C@H]2c2ccccc2)[C@H]2C=C[C@@H]1C2. The van der Waals surface area contributed by atoms with Gasteiger partial charge >= 0.3 is 11.9 Å². The van der Waals surface area contributed by atoms with Gasteiger partial charge in [0.05, 0.1) is 11.8 Å². The molecule has 0 aromatic heterocycles. The van der Waals surface area contributed by atoms with E-state index in [4.69, 9.17) is 9.47 Å². The molecule has 3 aliphatic rings. The maximum atomic E-state index is 13.3. The second-order valence-corrected chi connectivity index (χ2v) is 9.81. The lowest BCUT2D eigenvalue weighted by molar-refractivity contribution is -0.172. The summed E-state index contributed by atoms with van der Waals surface area (Å²) in [4.78, 5) is 26.2. The van der Waals surface area contributed by atoms with Crippen molar-refractivity contribution in [3.05, 3.63) is 48.0 Å². The van der Waals surface area contributed by atoms with Gasteiger partial charge in [0.2, 0.25) is 0 Å². The van der Waals surface area contributed by atoms with Gasteiger partial charge in [0.1, 0.15) is 11.7 Å². The molecule has 4 rings (SSSR count). The Bertz CT molecular complexity index is 776. The van der Waals surface area contributed by atoms with Crippen LogP contribution in [-0.2, 0) is 19.1 Å². The first-order valence-electron chi connectivity index (χ1n) is 11.0. The fourth-order valence-electron chi connectivity index (χ4n) is 5.38. The molecule has 156 valence electrons. The number of fused-ring (bicyclic) bond motifs is 2. The largest absolute Gasteiger partial charge is 0.461 e. The van der Waals surface area contributed by atoms with E-state index in [-0.39, 0.29) is 35.8 Å². The van der Waals surface area contributed by atoms with Gasteiger partial charge in [-0.05, 0) is 63.9 Å². The summed E-state index contributed by atoms with van der Waals surface area (Å²) in [7, 11) is 0. The highest BCUT2D eigenvalue weighted by Crippen LogP contribution is 2.50. The van der Waals surface area contributed by atoms with Crippen molar-refractivity contribution in [2.24, 2.45) is 23.7 Å². The Morgan fingerprint density at radius 2 is 1.52 bits per heavy atom. The first-order valence-corrected chi connectivity index (χ1v) is 11.0. The third-order valence-corrected chi connectivity index (χ3v) is 6.61. The van der Waals surface area contributed by atoms with Crippen LogP contribution >= 0.6 is 0 Å². The Kier molecular flexibility index (Phi) is 5.54. The summed E-state index contributed by atoms with van der Waals surface area (Å²) in [5, 5.41) is 0. The van der Waals surface area contributed by atoms with E-state index in [2.05, 4.69) is 24.3 Å². The molecule has 0 aliphatic heterocycles. The van der Waals surface area contributed by atoms with Crippen molar-refractivity contribution in [1.82, 2.24) is 0 Å². The van der Waals surface area contributed by atoms with Crippen molar-refractivity contribution >= 4 is 11.9 Å². The number of esters is 2. The predicted octanol–water partition coefficient (Wildman–Crippen LogP) is 5.04. The van der Waals surface area contributed by atoms with E-state index < -0.39 is 17.4 Å². The Morgan fingerprint density at radius 1 is 0.897 bits per heavy atom. The van der Waals surface area contributed by atoms with Gasteiger partial charge in [-0.3, -0.25) is 9.59 Å². The van der Waals surface area contributed by atoms with Crippen molar-refractivity contribution in [1.29, 1.82) is 0 Å². The minimum Gasteiger partial charge on any atom is -0.461 e. The van der Waals surface area contributed by atoms with Gasteiger partial charge in [-0.2, -0.15) is 0 Å². The van der Waals surface area contributed by atoms with Crippen LogP contribution in [-0.4, -0.2) is 23.6 Å². The lowest BCUT2D eigenvalue weighted by atomic mass is 9.80. The summed E-state index contributed by atoms with van der Waals surface area (Å²) in [5.74, 6) is -0.908. The van der Waals surface area contributed by atoms with E-state index in [0.717, 1.165) is 32.1 Å². The zero-order valence-corrected chi connectivity index (χ0v) is 17.7. The molecule has 6 atom stereocenters. The monoisotopic (exact) mass is 396 g/mol. The molecule has 0 heterocycles. The summed E-state index contributed by atoms with van der Waals surface area (Å²) >= 11 is 0. The second-order valence-electron chi connectivity index (χ2n) is 9.81. The summed E-state index contributed by atoms with van der Waals surface area (Å²) in [6.07, 6.45) is 9.06. The minimum absolute atomic E-state index is 0.0867. The molecule has 0 spiro atoms. The number of hydrogen-bond donors (Lipinski definition) is 0. The Balaban J connectivity index is 1.50. The zero-order valence-electron chi connectivity index (χ0n) is 17.7. The predicted molar refractivity (Wildman–Crippen MR) is 111 cm³/mol. The van der Waals surface area contributed by atoms with E-state index in [1.165, 1.54) is 5.56 Å². The van der Waals surface area contributed by atoms with E-state index in [0.29, 0.717) is 0 Å². The quantitative estimate of drug-likeness (QED) is 0.529. The van der Waals surface area contributed by atoms with E-state index in [1.807, 2.05) is 39.0 Å². The average molecular weight is 397 g/mol. The van der Waals surface area contributed by atoms with E-state index in [9.17, 15) is 9.59 Å². The van der Waals surface area contributed by atoms with Crippen LogP contribution in [0.4, 0.5) is 0 Å². The minimum atomic E-state index is -0.557. The van der Waals surface area contributed by atoms with Gasteiger partial charge < -0.3 is 9.47 Å². The van der Waals surface area contributed by atoms with Gasteiger partial charge in [-0.25, -0.2) is 0 Å². The van der Waals surface area contributed by atoms with Gasteiger partial charge in [-0.15, -0.1) is 0 Å². The molecule has 2 fully saturated rings. The van der Waals surface area contributed by atoms with Crippen LogP contribution in [0.5, 0.6) is 0 Å². The number of rotatable bonds is 4. The van der Waals surface area contributed by atoms with Crippen LogP contribution in [0.3, 0.4) is 0 Å². The molecule has 29 heavy (non-hydrogen) atoms. The normalized spacial score (nSPS) is 33.5. The highest BCUT2D eigenvalue weighted by atomic mass is 16.6. The molecule has 0 N–H and O–H groups in total. The molecule has 0 saturated heterocycles. The van der Waals surface area contributed by atoms with Crippen molar-refractivity contribution in [3.63, 3.8) is 0 Å². The highest BCUT2D eigenvalue weighted by Gasteiger charge is 2.54. The summed E-state index contributed by atoms with van der Waals surface area (Å²) in [6, 6.07) is 10.4. The molecule has 0 unspecified atom stereocenters. The number of carbonyl (C=O) groups is 2. The summed E-state index contributed by atoms with van der Waals surface area (Å²) in [6.45, 7) is 5.61. The van der Waals surface area contributed by atoms with E-state index in [1.54, 1.807) is 0 Å².